The van der Waals surface area contributed by atoms with Gasteiger partial charge in [0.2, 0.25) is 0 Å². The first-order chi connectivity index (χ1) is 9.24. The van der Waals surface area contributed by atoms with Crippen molar-refractivity contribution < 1.29 is 0 Å². The van der Waals surface area contributed by atoms with Crippen LogP contribution in [-0.4, -0.2) is 11.4 Å². The van der Waals surface area contributed by atoms with Crippen molar-refractivity contribution in [3.63, 3.8) is 0 Å². The normalized spacial score (nSPS) is 15.2. The molecule has 0 spiro atoms. The van der Waals surface area contributed by atoms with E-state index in [1.165, 1.54) is 16.7 Å². The summed E-state index contributed by atoms with van der Waals surface area (Å²) in [5.74, 6) is 0. The van der Waals surface area contributed by atoms with Gasteiger partial charge < -0.3 is 5.73 Å². The molecular formula is C16H17BrN2. The molecule has 0 saturated carbocycles. The topological polar surface area (TPSA) is 29.3 Å². The van der Waals surface area contributed by atoms with Gasteiger partial charge >= 0.3 is 0 Å². The summed E-state index contributed by atoms with van der Waals surface area (Å²) in [7, 11) is 0. The van der Waals surface area contributed by atoms with Gasteiger partial charge in [0.1, 0.15) is 0 Å². The molecule has 1 aliphatic heterocycles. The second-order valence-corrected chi connectivity index (χ2v) is 5.84. The Balaban J connectivity index is 1.77. The number of benzene rings is 2. The summed E-state index contributed by atoms with van der Waals surface area (Å²) in [4.78, 5) is 2.47. The third kappa shape index (κ3) is 2.67. The molecule has 0 aliphatic carbocycles. The lowest BCUT2D eigenvalue weighted by atomic mass is 9.99. The largest absolute Gasteiger partial charge is 0.398 e. The van der Waals surface area contributed by atoms with Gasteiger partial charge in [-0.05, 0) is 45.1 Å². The molecule has 19 heavy (non-hydrogen) atoms. The molecule has 98 valence electrons. The molecule has 2 N–H and O–H groups in total. The Hall–Kier alpha value is -1.32. The summed E-state index contributed by atoms with van der Waals surface area (Å²) in [5.41, 5.74) is 11.0. The number of rotatable bonds is 2. The number of nitrogens with zero attached hydrogens (tertiary/aromatic N) is 1. The highest BCUT2D eigenvalue weighted by molar-refractivity contribution is 9.10. The van der Waals surface area contributed by atoms with Gasteiger partial charge in [0.05, 0.1) is 0 Å². The average molecular weight is 317 g/mol. The second kappa shape index (κ2) is 5.35. The molecule has 0 bridgehead atoms. The zero-order chi connectivity index (χ0) is 13.2. The van der Waals surface area contributed by atoms with Crippen LogP contribution in [0, 0.1) is 0 Å². The quantitative estimate of drug-likeness (QED) is 0.858. The van der Waals surface area contributed by atoms with Crippen molar-refractivity contribution in [2.45, 2.75) is 19.5 Å². The van der Waals surface area contributed by atoms with Gasteiger partial charge in [-0.2, -0.15) is 0 Å². The first-order valence-corrected chi connectivity index (χ1v) is 7.35. The number of fused-ring (bicyclic) bond motifs is 1. The van der Waals surface area contributed by atoms with E-state index in [2.05, 4.69) is 51.2 Å². The molecule has 3 heteroatoms. The van der Waals surface area contributed by atoms with Crippen LogP contribution in [0.4, 0.5) is 5.69 Å². The smallest absolute Gasteiger partial charge is 0.0461 e. The highest BCUT2D eigenvalue weighted by Gasteiger charge is 2.16. The Labute approximate surface area is 122 Å². The summed E-state index contributed by atoms with van der Waals surface area (Å²) in [6, 6.07) is 14.8. The van der Waals surface area contributed by atoms with Crippen molar-refractivity contribution >= 4 is 21.6 Å². The maximum atomic E-state index is 5.94. The molecule has 0 radical (unpaired) electrons. The SMILES string of the molecule is Nc1cccc(CN2CCc3ccccc3C2)c1Br. The standard InChI is InChI=1S/C16H17BrN2/c17-16-14(6-3-7-15(16)18)11-19-9-8-12-4-1-2-5-13(12)10-19/h1-7H,8-11,18H2. The number of hydrogen-bond donors (Lipinski definition) is 1. The summed E-state index contributed by atoms with van der Waals surface area (Å²) < 4.78 is 1.04. The molecule has 1 heterocycles. The minimum absolute atomic E-state index is 0.815. The van der Waals surface area contributed by atoms with E-state index in [0.717, 1.165) is 36.2 Å². The van der Waals surface area contributed by atoms with Gasteiger partial charge in [0, 0.05) is 29.8 Å². The van der Waals surface area contributed by atoms with Gasteiger partial charge in [-0.3, -0.25) is 4.90 Å². The Bertz CT molecular complexity index is 595. The molecule has 0 atom stereocenters. The summed E-state index contributed by atoms with van der Waals surface area (Å²) >= 11 is 3.59. The van der Waals surface area contributed by atoms with Crippen LogP contribution < -0.4 is 5.73 Å². The Morgan fingerprint density at radius 2 is 1.84 bits per heavy atom. The molecule has 2 aromatic rings. The van der Waals surface area contributed by atoms with Gasteiger partial charge in [0.15, 0.2) is 0 Å². The second-order valence-electron chi connectivity index (χ2n) is 5.05. The maximum Gasteiger partial charge on any atom is 0.0461 e. The highest BCUT2D eigenvalue weighted by Crippen LogP contribution is 2.27. The van der Waals surface area contributed by atoms with Crippen molar-refractivity contribution in [1.29, 1.82) is 0 Å². The van der Waals surface area contributed by atoms with E-state index in [9.17, 15) is 0 Å². The fourth-order valence-electron chi connectivity index (χ4n) is 2.65. The number of nitrogens with two attached hydrogens (primary N) is 1. The lowest BCUT2D eigenvalue weighted by Gasteiger charge is -2.29. The molecule has 0 saturated heterocycles. The number of hydrogen-bond acceptors (Lipinski definition) is 2. The van der Waals surface area contributed by atoms with Gasteiger partial charge in [-0.1, -0.05) is 36.4 Å². The summed E-state index contributed by atoms with van der Waals surface area (Å²) in [6.07, 6.45) is 1.14. The van der Waals surface area contributed by atoms with Crippen molar-refractivity contribution in [1.82, 2.24) is 4.90 Å². The number of halogens is 1. The third-order valence-corrected chi connectivity index (χ3v) is 4.68. The molecule has 0 aromatic heterocycles. The Kier molecular flexibility index (Phi) is 3.58. The molecule has 2 nitrogen and oxygen atoms in total. The predicted molar refractivity (Wildman–Crippen MR) is 82.8 cm³/mol. The summed E-state index contributed by atoms with van der Waals surface area (Å²) in [6.45, 7) is 3.08. The van der Waals surface area contributed by atoms with E-state index < -0.39 is 0 Å². The summed E-state index contributed by atoms with van der Waals surface area (Å²) in [5, 5.41) is 0. The fourth-order valence-corrected chi connectivity index (χ4v) is 3.04. The van der Waals surface area contributed by atoms with Crippen molar-refractivity contribution in [3.05, 3.63) is 63.6 Å². The number of nitrogen functional groups attached to an aromatic ring is 1. The van der Waals surface area contributed by atoms with Crippen LogP contribution >= 0.6 is 15.9 Å². The lowest BCUT2D eigenvalue weighted by molar-refractivity contribution is 0.245. The van der Waals surface area contributed by atoms with Crippen molar-refractivity contribution in [3.8, 4) is 0 Å². The maximum absolute atomic E-state index is 5.94. The van der Waals surface area contributed by atoms with Gasteiger partial charge in [0.25, 0.3) is 0 Å². The van der Waals surface area contributed by atoms with Crippen LogP contribution in [0.3, 0.4) is 0 Å². The van der Waals surface area contributed by atoms with Gasteiger partial charge in [-0.15, -0.1) is 0 Å². The van der Waals surface area contributed by atoms with Crippen LogP contribution in [0.15, 0.2) is 46.9 Å². The highest BCUT2D eigenvalue weighted by atomic mass is 79.9. The molecule has 2 aromatic carbocycles. The zero-order valence-electron chi connectivity index (χ0n) is 10.8. The Morgan fingerprint density at radius 1 is 1.05 bits per heavy atom. The molecule has 1 aliphatic rings. The number of anilines is 1. The van der Waals surface area contributed by atoms with Gasteiger partial charge in [-0.25, -0.2) is 0 Å². The first kappa shape index (κ1) is 12.7. The van der Waals surface area contributed by atoms with Crippen molar-refractivity contribution in [2.75, 3.05) is 12.3 Å². The van der Waals surface area contributed by atoms with E-state index in [0.29, 0.717) is 0 Å². The van der Waals surface area contributed by atoms with Crippen LogP contribution in [0.1, 0.15) is 16.7 Å². The van der Waals surface area contributed by atoms with Crippen molar-refractivity contribution in [2.24, 2.45) is 0 Å². The third-order valence-electron chi connectivity index (χ3n) is 3.71. The van der Waals surface area contributed by atoms with E-state index in [-0.39, 0.29) is 0 Å². The average Bonchev–Trinajstić information content (AvgIpc) is 2.44. The predicted octanol–water partition coefficient (Wildman–Crippen LogP) is 3.59. The molecule has 0 amide bonds. The van der Waals surface area contributed by atoms with E-state index >= 15 is 0 Å². The van der Waals surface area contributed by atoms with E-state index in [4.69, 9.17) is 5.73 Å². The molecular weight excluding hydrogens is 300 g/mol. The van der Waals surface area contributed by atoms with E-state index in [1.807, 2.05) is 12.1 Å². The minimum atomic E-state index is 0.815. The molecule has 0 fully saturated rings. The molecule has 0 unspecified atom stereocenters. The van der Waals surface area contributed by atoms with Crippen LogP contribution in [-0.2, 0) is 19.5 Å². The van der Waals surface area contributed by atoms with Crippen LogP contribution in [0.5, 0.6) is 0 Å². The monoisotopic (exact) mass is 316 g/mol. The first-order valence-electron chi connectivity index (χ1n) is 6.56. The fraction of sp³-hybridized carbons (Fsp3) is 0.250. The minimum Gasteiger partial charge on any atom is -0.398 e. The van der Waals surface area contributed by atoms with E-state index in [1.54, 1.807) is 0 Å². The Morgan fingerprint density at radius 3 is 2.68 bits per heavy atom. The molecule has 3 rings (SSSR count). The zero-order valence-corrected chi connectivity index (χ0v) is 12.4. The van der Waals surface area contributed by atoms with Crippen LogP contribution in [0.2, 0.25) is 0 Å². The lowest BCUT2D eigenvalue weighted by Crippen LogP contribution is -2.30. The van der Waals surface area contributed by atoms with Crippen LogP contribution in [0.25, 0.3) is 0 Å².